The summed E-state index contributed by atoms with van der Waals surface area (Å²) in [4.78, 5) is 25.3. The second-order valence-electron chi connectivity index (χ2n) is 7.16. The molecule has 1 amide bonds. The van der Waals surface area contributed by atoms with Crippen LogP contribution in [0.5, 0.6) is 0 Å². The number of benzene rings is 3. The maximum Gasteiger partial charge on any atom is 0.307 e. The van der Waals surface area contributed by atoms with Gasteiger partial charge < -0.3 is 10.1 Å². The van der Waals surface area contributed by atoms with Crippen LogP contribution in [0.3, 0.4) is 0 Å². The Morgan fingerprint density at radius 1 is 0.938 bits per heavy atom. The molecule has 1 unspecified atom stereocenters. The zero-order valence-electron chi connectivity index (χ0n) is 17.3. The quantitative estimate of drug-likeness (QED) is 0.514. The van der Waals surface area contributed by atoms with E-state index < -0.39 is 45.8 Å². The number of amides is 1. The molecule has 166 valence electrons. The number of carbonyl (C=O) groups excluding carboxylic acids is 2. The number of carbonyl (C=O) groups is 2. The number of aryl methyl sites for hydroxylation is 1. The van der Waals surface area contributed by atoms with Crippen molar-refractivity contribution in [2.75, 3.05) is 11.1 Å². The van der Waals surface area contributed by atoms with E-state index in [2.05, 4.69) is 5.32 Å². The fourth-order valence-electron chi connectivity index (χ4n) is 2.91. The molecule has 6 nitrogen and oxygen atoms in total. The second kappa shape index (κ2) is 10.2. The number of rotatable bonds is 8. The molecule has 1 N–H and O–H groups in total. The average Bonchev–Trinajstić information content (AvgIpc) is 2.78. The lowest BCUT2D eigenvalue weighted by Gasteiger charge is -2.18. The van der Waals surface area contributed by atoms with E-state index in [0.717, 1.165) is 5.56 Å². The van der Waals surface area contributed by atoms with Crippen LogP contribution in [0.1, 0.15) is 23.7 Å². The molecule has 0 aliphatic heterocycles. The number of halogens is 1. The standard InChI is InChI=1S/C24H22FNO5S/c1-17-7-13-21(14-8-17)32(29,30)16-15-22(27)31-23(18-5-3-2-4-6-18)24(28)26-20-11-9-19(25)10-12-20/h2-14,23H,15-16H2,1H3,(H,26,28). The van der Waals surface area contributed by atoms with E-state index in [1.165, 1.54) is 36.4 Å². The van der Waals surface area contributed by atoms with Crippen molar-refractivity contribution in [3.05, 3.63) is 95.8 Å². The number of ether oxygens (including phenoxy) is 1. The van der Waals surface area contributed by atoms with Gasteiger partial charge in [0.1, 0.15) is 5.82 Å². The minimum atomic E-state index is -3.68. The lowest BCUT2D eigenvalue weighted by atomic mass is 10.1. The van der Waals surface area contributed by atoms with Crippen LogP contribution in [0, 0.1) is 12.7 Å². The minimum absolute atomic E-state index is 0.115. The molecule has 3 rings (SSSR count). The van der Waals surface area contributed by atoms with Crippen molar-refractivity contribution < 1.29 is 27.1 Å². The number of nitrogens with one attached hydrogen (secondary N) is 1. The maximum atomic E-state index is 13.1. The summed E-state index contributed by atoms with van der Waals surface area (Å²) in [5.41, 5.74) is 1.67. The van der Waals surface area contributed by atoms with Crippen LogP contribution in [-0.4, -0.2) is 26.0 Å². The van der Waals surface area contributed by atoms with Crippen LogP contribution in [0.25, 0.3) is 0 Å². The van der Waals surface area contributed by atoms with E-state index >= 15 is 0 Å². The molecule has 3 aromatic carbocycles. The number of anilines is 1. The van der Waals surface area contributed by atoms with Gasteiger partial charge in [0.2, 0.25) is 6.10 Å². The van der Waals surface area contributed by atoms with Gasteiger partial charge in [0.25, 0.3) is 5.91 Å². The normalized spacial score (nSPS) is 12.1. The van der Waals surface area contributed by atoms with Crippen molar-refractivity contribution in [3.8, 4) is 0 Å². The smallest absolute Gasteiger partial charge is 0.307 e. The molecule has 0 fully saturated rings. The topological polar surface area (TPSA) is 89.5 Å². The average molecular weight is 456 g/mol. The van der Waals surface area contributed by atoms with E-state index in [0.29, 0.717) is 11.3 Å². The van der Waals surface area contributed by atoms with Crippen LogP contribution < -0.4 is 5.32 Å². The Kier molecular flexibility index (Phi) is 7.37. The predicted octanol–water partition coefficient (Wildman–Crippen LogP) is 4.22. The van der Waals surface area contributed by atoms with Crippen LogP contribution in [0.2, 0.25) is 0 Å². The first-order valence-electron chi connectivity index (χ1n) is 9.85. The highest BCUT2D eigenvalue weighted by atomic mass is 32.2. The van der Waals surface area contributed by atoms with Gasteiger partial charge >= 0.3 is 5.97 Å². The van der Waals surface area contributed by atoms with Crippen molar-refractivity contribution in [3.63, 3.8) is 0 Å². The van der Waals surface area contributed by atoms with Crippen LogP contribution in [0.4, 0.5) is 10.1 Å². The van der Waals surface area contributed by atoms with Gasteiger partial charge in [-0.05, 0) is 43.3 Å². The lowest BCUT2D eigenvalue weighted by Crippen LogP contribution is -2.26. The Hall–Kier alpha value is -3.52. The Morgan fingerprint density at radius 3 is 2.19 bits per heavy atom. The van der Waals surface area contributed by atoms with E-state index in [-0.39, 0.29) is 4.90 Å². The number of hydrogen-bond acceptors (Lipinski definition) is 5. The molecule has 1 atom stereocenters. The van der Waals surface area contributed by atoms with Gasteiger partial charge in [0, 0.05) is 11.3 Å². The zero-order valence-corrected chi connectivity index (χ0v) is 18.1. The third kappa shape index (κ3) is 6.24. The molecule has 0 spiro atoms. The van der Waals surface area contributed by atoms with Crippen molar-refractivity contribution in [2.45, 2.75) is 24.3 Å². The van der Waals surface area contributed by atoms with E-state index in [4.69, 9.17) is 4.74 Å². The van der Waals surface area contributed by atoms with Gasteiger partial charge in [-0.25, -0.2) is 12.8 Å². The third-order valence-electron chi connectivity index (χ3n) is 4.66. The molecule has 8 heteroatoms. The summed E-state index contributed by atoms with van der Waals surface area (Å²) in [5.74, 6) is -2.37. The summed E-state index contributed by atoms with van der Waals surface area (Å²) >= 11 is 0. The first-order chi connectivity index (χ1) is 15.2. The number of esters is 1. The van der Waals surface area contributed by atoms with E-state index in [1.54, 1.807) is 42.5 Å². The molecule has 32 heavy (non-hydrogen) atoms. The fraction of sp³-hybridized carbons (Fsp3) is 0.167. The molecule has 3 aromatic rings. The first kappa shape index (κ1) is 23.1. The Labute approximate surface area is 186 Å². The van der Waals surface area contributed by atoms with Crippen LogP contribution in [0.15, 0.2) is 83.8 Å². The summed E-state index contributed by atoms with van der Waals surface area (Å²) in [5, 5.41) is 2.58. The van der Waals surface area contributed by atoms with Crippen molar-refractivity contribution in [1.29, 1.82) is 0 Å². The maximum absolute atomic E-state index is 13.1. The lowest BCUT2D eigenvalue weighted by molar-refractivity contribution is -0.154. The largest absolute Gasteiger partial charge is 0.447 e. The highest BCUT2D eigenvalue weighted by Crippen LogP contribution is 2.22. The van der Waals surface area contributed by atoms with Gasteiger partial charge in [0.05, 0.1) is 17.1 Å². The minimum Gasteiger partial charge on any atom is -0.447 e. The van der Waals surface area contributed by atoms with Gasteiger partial charge in [-0.3, -0.25) is 9.59 Å². The van der Waals surface area contributed by atoms with E-state index in [9.17, 15) is 22.4 Å². The molecule has 0 saturated carbocycles. The van der Waals surface area contributed by atoms with Gasteiger partial charge in [-0.2, -0.15) is 0 Å². The Morgan fingerprint density at radius 2 is 1.56 bits per heavy atom. The Bertz CT molecular complexity index is 1180. The predicted molar refractivity (Wildman–Crippen MR) is 118 cm³/mol. The number of hydrogen-bond donors (Lipinski definition) is 1. The SMILES string of the molecule is Cc1ccc(S(=O)(=O)CCC(=O)OC(C(=O)Nc2ccc(F)cc2)c2ccccc2)cc1. The molecular formula is C24H22FNO5S. The summed E-state index contributed by atoms with van der Waals surface area (Å²) in [6.45, 7) is 1.84. The second-order valence-corrected chi connectivity index (χ2v) is 9.27. The molecule has 0 saturated heterocycles. The number of sulfone groups is 1. The monoisotopic (exact) mass is 455 g/mol. The molecule has 0 bridgehead atoms. The fourth-order valence-corrected chi connectivity index (χ4v) is 4.14. The van der Waals surface area contributed by atoms with Gasteiger partial charge in [-0.15, -0.1) is 0 Å². The van der Waals surface area contributed by atoms with Gasteiger partial charge in [-0.1, -0.05) is 48.0 Å². The van der Waals surface area contributed by atoms with Crippen molar-refractivity contribution in [2.24, 2.45) is 0 Å². The molecule has 0 radical (unpaired) electrons. The third-order valence-corrected chi connectivity index (χ3v) is 6.39. The Balaban J connectivity index is 1.70. The highest BCUT2D eigenvalue weighted by molar-refractivity contribution is 7.91. The molecule has 0 heterocycles. The summed E-state index contributed by atoms with van der Waals surface area (Å²) < 4.78 is 43.4. The summed E-state index contributed by atoms with van der Waals surface area (Å²) in [6, 6.07) is 19.8. The van der Waals surface area contributed by atoms with Crippen molar-refractivity contribution in [1.82, 2.24) is 0 Å². The molecular weight excluding hydrogens is 433 g/mol. The highest BCUT2D eigenvalue weighted by Gasteiger charge is 2.26. The van der Waals surface area contributed by atoms with Crippen LogP contribution in [-0.2, 0) is 24.2 Å². The first-order valence-corrected chi connectivity index (χ1v) is 11.5. The van der Waals surface area contributed by atoms with Crippen molar-refractivity contribution >= 4 is 27.4 Å². The summed E-state index contributed by atoms with van der Waals surface area (Å²) in [7, 11) is -3.68. The molecule has 0 aliphatic carbocycles. The van der Waals surface area contributed by atoms with Gasteiger partial charge in [0.15, 0.2) is 9.84 Å². The molecule has 0 aliphatic rings. The van der Waals surface area contributed by atoms with Crippen LogP contribution >= 0.6 is 0 Å². The van der Waals surface area contributed by atoms with E-state index in [1.807, 2.05) is 6.92 Å². The zero-order chi connectivity index (χ0) is 23.1. The summed E-state index contributed by atoms with van der Waals surface area (Å²) in [6.07, 6.45) is -1.71. The molecule has 0 aromatic heterocycles.